The molecule has 0 radical (unpaired) electrons. The summed E-state index contributed by atoms with van der Waals surface area (Å²) in [5.74, 6) is 0. The first kappa shape index (κ1) is 17.8. The maximum absolute atomic E-state index is 12.9. The van der Waals surface area contributed by atoms with Crippen LogP contribution < -0.4 is 0 Å². The lowest BCUT2D eigenvalue weighted by Gasteiger charge is -2.14. The van der Waals surface area contributed by atoms with Crippen LogP contribution in [0.2, 0.25) is 0 Å². The van der Waals surface area contributed by atoms with Crippen molar-refractivity contribution < 1.29 is 31.5 Å². The third kappa shape index (κ3) is 3.34. The van der Waals surface area contributed by atoms with Gasteiger partial charge < -0.3 is 5.21 Å². The highest BCUT2D eigenvalue weighted by atomic mass is 19.4. The van der Waals surface area contributed by atoms with Crippen molar-refractivity contribution in [1.82, 2.24) is 15.0 Å². The monoisotopic (exact) mass is 352 g/mol. The fourth-order valence-electron chi connectivity index (χ4n) is 2.02. The Morgan fingerprint density at radius 1 is 1.04 bits per heavy atom. The van der Waals surface area contributed by atoms with Crippen LogP contribution in [0, 0.1) is 6.92 Å². The number of hydrogen-bond donors (Lipinski definition) is 1. The molecule has 0 aliphatic heterocycles. The minimum atomic E-state index is -4.96. The molecule has 0 aliphatic rings. The van der Waals surface area contributed by atoms with E-state index in [0.717, 1.165) is 4.68 Å². The van der Waals surface area contributed by atoms with Crippen LogP contribution in [-0.2, 0) is 12.4 Å². The van der Waals surface area contributed by atoms with Gasteiger partial charge in [0.2, 0.25) is 0 Å². The van der Waals surface area contributed by atoms with E-state index in [1.54, 1.807) is 0 Å². The number of rotatable bonds is 2. The maximum atomic E-state index is 12.9. The molecule has 11 heteroatoms. The highest BCUT2D eigenvalue weighted by Crippen LogP contribution is 2.37. The van der Waals surface area contributed by atoms with Crippen molar-refractivity contribution in [2.75, 3.05) is 0 Å². The summed E-state index contributed by atoms with van der Waals surface area (Å²) in [6, 6.07) is 1.09. The van der Waals surface area contributed by atoms with E-state index in [1.165, 1.54) is 13.8 Å². The van der Waals surface area contributed by atoms with Crippen molar-refractivity contribution in [3.63, 3.8) is 0 Å². The molecule has 0 fully saturated rings. The number of alkyl halides is 6. The van der Waals surface area contributed by atoms with Crippen LogP contribution in [0.5, 0.6) is 0 Å². The Balaban J connectivity index is 2.69. The van der Waals surface area contributed by atoms with Gasteiger partial charge in [-0.15, -0.1) is 5.10 Å². The number of oxime groups is 1. The Labute approximate surface area is 131 Å². The second-order valence-electron chi connectivity index (χ2n) is 4.88. The summed E-state index contributed by atoms with van der Waals surface area (Å²) >= 11 is 0. The third-order valence-electron chi connectivity index (χ3n) is 3.20. The molecular formula is C13H10F6N4O. The fraction of sp³-hybridized carbons (Fsp3) is 0.308. The van der Waals surface area contributed by atoms with Crippen molar-refractivity contribution in [2.24, 2.45) is 5.16 Å². The van der Waals surface area contributed by atoms with E-state index in [0.29, 0.717) is 12.1 Å². The highest BCUT2D eigenvalue weighted by Gasteiger charge is 2.37. The van der Waals surface area contributed by atoms with E-state index < -0.39 is 29.2 Å². The number of halogens is 6. The molecule has 2 aromatic rings. The molecule has 0 spiro atoms. The molecule has 5 nitrogen and oxygen atoms in total. The summed E-state index contributed by atoms with van der Waals surface area (Å²) in [5, 5.41) is 18.7. The van der Waals surface area contributed by atoms with Gasteiger partial charge in [-0.3, -0.25) is 0 Å². The molecule has 0 saturated carbocycles. The van der Waals surface area contributed by atoms with Gasteiger partial charge >= 0.3 is 12.4 Å². The molecule has 1 N–H and O–H groups in total. The van der Waals surface area contributed by atoms with E-state index in [1.807, 2.05) is 0 Å². The summed E-state index contributed by atoms with van der Waals surface area (Å²) < 4.78 is 78.1. The van der Waals surface area contributed by atoms with E-state index in [2.05, 4.69) is 15.5 Å². The van der Waals surface area contributed by atoms with Gasteiger partial charge in [0.05, 0.1) is 22.5 Å². The topological polar surface area (TPSA) is 63.3 Å². The lowest BCUT2D eigenvalue weighted by atomic mass is 10.1. The number of benzene rings is 1. The normalized spacial score (nSPS) is 13.4. The molecule has 130 valence electrons. The molecule has 2 rings (SSSR count). The lowest BCUT2D eigenvalue weighted by molar-refractivity contribution is -0.143. The standard InChI is InChI=1S/C13H10F6N4O/c1-6(21-24)11-7(2)23(22-20-11)10-4-8(12(14,15)16)3-9(5-10)13(17,18)19/h3-5,24H,1-2H3. The van der Waals surface area contributed by atoms with Gasteiger partial charge in [0.15, 0.2) is 0 Å². The van der Waals surface area contributed by atoms with Gasteiger partial charge in [0, 0.05) is 0 Å². The van der Waals surface area contributed by atoms with Crippen molar-refractivity contribution in [2.45, 2.75) is 26.2 Å². The first-order valence-corrected chi connectivity index (χ1v) is 6.36. The SMILES string of the molecule is CC(=NO)c1nnn(-c2cc(C(F)(F)F)cc(C(F)(F)F)c2)c1C. The Bertz CT molecular complexity index is 758. The molecule has 0 unspecified atom stereocenters. The maximum Gasteiger partial charge on any atom is 0.416 e. The summed E-state index contributed by atoms with van der Waals surface area (Å²) in [7, 11) is 0. The Kier molecular flexibility index (Phi) is 4.29. The second kappa shape index (κ2) is 5.80. The van der Waals surface area contributed by atoms with Crippen LogP contribution in [0.25, 0.3) is 5.69 Å². The van der Waals surface area contributed by atoms with Crippen molar-refractivity contribution in [3.05, 3.63) is 40.7 Å². The van der Waals surface area contributed by atoms with E-state index in [-0.39, 0.29) is 23.2 Å². The zero-order valence-corrected chi connectivity index (χ0v) is 12.2. The zero-order valence-electron chi connectivity index (χ0n) is 12.2. The molecule has 0 amide bonds. The van der Waals surface area contributed by atoms with E-state index in [9.17, 15) is 26.3 Å². The van der Waals surface area contributed by atoms with Crippen molar-refractivity contribution in [1.29, 1.82) is 0 Å². The summed E-state index contributed by atoms with van der Waals surface area (Å²) in [6.45, 7) is 2.73. The smallest absolute Gasteiger partial charge is 0.411 e. The van der Waals surface area contributed by atoms with Gasteiger partial charge in [0.25, 0.3) is 0 Å². The molecule has 1 aromatic carbocycles. The summed E-state index contributed by atoms with van der Waals surface area (Å²) in [6.07, 6.45) is -9.93. The molecule has 0 saturated heterocycles. The van der Waals surface area contributed by atoms with Crippen molar-refractivity contribution >= 4 is 5.71 Å². The Morgan fingerprint density at radius 3 is 1.96 bits per heavy atom. The van der Waals surface area contributed by atoms with Gasteiger partial charge in [-0.1, -0.05) is 10.4 Å². The zero-order chi connectivity index (χ0) is 18.3. The first-order chi connectivity index (χ1) is 10.9. The lowest BCUT2D eigenvalue weighted by Crippen LogP contribution is -2.13. The minimum absolute atomic E-state index is 0.0155. The predicted octanol–water partition coefficient (Wildman–Crippen LogP) is 3.81. The van der Waals surface area contributed by atoms with Crippen LogP contribution in [0.4, 0.5) is 26.3 Å². The highest BCUT2D eigenvalue weighted by molar-refractivity contribution is 5.97. The average molecular weight is 352 g/mol. The van der Waals surface area contributed by atoms with Crippen molar-refractivity contribution in [3.8, 4) is 5.69 Å². The fourth-order valence-corrected chi connectivity index (χ4v) is 2.02. The average Bonchev–Trinajstić information content (AvgIpc) is 2.86. The van der Waals surface area contributed by atoms with Gasteiger partial charge in [-0.2, -0.15) is 26.3 Å². The molecule has 0 aliphatic carbocycles. The molecule has 24 heavy (non-hydrogen) atoms. The number of aromatic nitrogens is 3. The van der Waals surface area contributed by atoms with Crippen LogP contribution in [0.15, 0.2) is 23.4 Å². The minimum Gasteiger partial charge on any atom is -0.411 e. The molecule has 0 bridgehead atoms. The van der Waals surface area contributed by atoms with Crippen LogP contribution >= 0.6 is 0 Å². The quantitative estimate of drug-likeness (QED) is 0.387. The molecule has 1 heterocycles. The van der Waals surface area contributed by atoms with Crippen LogP contribution in [0.3, 0.4) is 0 Å². The van der Waals surface area contributed by atoms with Crippen LogP contribution in [0.1, 0.15) is 29.4 Å². The molecular weight excluding hydrogens is 342 g/mol. The third-order valence-corrected chi connectivity index (χ3v) is 3.20. The van der Waals surface area contributed by atoms with Gasteiger partial charge in [0.1, 0.15) is 11.4 Å². The Morgan fingerprint density at radius 2 is 1.54 bits per heavy atom. The first-order valence-electron chi connectivity index (χ1n) is 6.36. The van der Waals surface area contributed by atoms with Gasteiger partial charge in [-0.25, -0.2) is 4.68 Å². The summed E-state index contributed by atoms with van der Waals surface area (Å²) in [5.41, 5.74) is -3.20. The van der Waals surface area contributed by atoms with Crippen LogP contribution in [-0.4, -0.2) is 25.9 Å². The number of hydrogen-bond acceptors (Lipinski definition) is 4. The van der Waals surface area contributed by atoms with Gasteiger partial charge in [-0.05, 0) is 32.0 Å². The summed E-state index contributed by atoms with van der Waals surface area (Å²) in [4.78, 5) is 0. The predicted molar refractivity (Wildman–Crippen MR) is 70.1 cm³/mol. The van der Waals surface area contributed by atoms with E-state index in [4.69, 9.17) is 5.21 Å². The number of nitrogens with zero attached hydrogens (tertiary/aromatic N) is 4. The Hall–Kier alpha value is -2.59. The largest absolute Gasteiger partial charge is 0.416 e. The molecule has 1 aromatic heterocycles. The molecule has 0 atom stereocenters. The van der Waals surface area contributed by atoms with E-state index >= 15 is 0 Å². The second-order valence-corrected chi connectivity index (χ2v) is 4.88.